The van der Waals surface area contributed by atoms with Crippen LogP contribution in [0.1, 0.15) is 27.6 Å². The van der Waals surface area contributed by atoms with Crippen LogP contribution in [0, 0.1) is 13.8 Å². The van der Waals surface area contributed by atoms with E-state index in [4.69, 9.17) is 14.3 Å². The molecule has 1 aromatic carbocycles. The number of hydrogen-bond donors (Lipinski definition) is 2. The van der Waals surface area contributed by atoms with Gasteiger partial charge in [0.05, 0.1) is 23.0 Å². The van der Waals surface area contributed by atoms with Crippen LogP contribution in [0.2, 0.25) is 0 Å². The number of aryl methyl sites for hydroxylation is 2. The van der Waals surface area contributed by atoms with E-state index in [2.05, 4.69) is 20.6 Å². The van der Waals surface area contributed by atoms with Gasteiger partial charge >= 0.3 is 0 Å². The first kappa shape index (κ1) is 20.5. The number of benzene rings is 1. The van der Waals surface area contributed by atoms with Crippen LogP contribution in [0.5, 0.6) is 0 Å². The molecular formula is C22H24N6O3. The number of anilines is 1. The minimum Gasteiger partial charge on any atom is -0.459 e. The average Bonchev–Trinajstić information content (AvgIpc) is 3.41. The summed E-state index contributed by atoms with van der Waals surface area (Å²) in [4.78, 5) is 21.3. The van der Waals surface area contributed by atoms with Crippen molar-refractivity contribution in [2.24, 2.45) is 0 Å². The lowest BCUT2D eigenvalue weighted by atomic mass is 10.2. The van der Waals surface area contributed by atoms with Gasteiger partial charge in [0.25, 0.3) is 5.91 Å². The second-order valence-electron chi connectivity index (χ2n) is 7.11. The lowest BCUT2D eigenvalue weighted by Crippen LogP contribution is -2.28. The molecule has 9 heteroatoms. The van der Waals surface area contributed by atoms with Crippen molar-refractivity contribution in [2.45, 2.75) is 20.5 Å². The maximum absolute atomic E-state index is 12.0. The van der Waals surface area contributed by atoms with Crippen molar-refractivity contribution >= 4 is 22.8 Å². The highest BCUT2D eigenvalue weighted by molar-refractivity contribution is 5.92. The zero-order valence-corrected chi connectivity index (χ0v) is 17.7. The molecule has 0 unspecified atom stereocenters. The van der Waals surface area contributed by atoms with Crippen LogP contribution < -0.4 is 10.6 Å². The molecule has 2 N–H and O–H groups in total. The largest absolute Gasteiger partial charge is 0.459 e. The first-order chi connectivity index (χ1) is 15.1. The van der Waals surface area contributed by atoms with Gasteiger partial charge in [-0.15, -0.1) is 0 Å². The van der Waals surface area contributed by atoms with Gasteiger partial charge in [0.15, 0.2) is 17.2 Å². The lowest BCUT2D eigenvalue weighted by Gasteiger charge is -2.10. The van der Waals surface area contributed by atoms with E-state index >= 15 is 0 Å². The molecule has 3 heterocycles. The fourth-order valence-corrected chi connectivity index (χ4v) is 3.27. The molecule has 0 radical (unpaired) electrons. The molecule has 3 aromatic heterocycles. The van der Waals surface area contributed by atoms with Gasteiger partial charge in [-0.05, 0) is 38.1 Å². The summed E-state index contributed by atoms with van der Waals surface area (Å²) in [6.45, 7) is 5.12. The van der Waals surface area contributed by atoms with Gasteiger partial charge in [-0.25, -0.2) is 14.6 Å². The van der Waals surface area contributed by atoms with Crippen LogP contribution in [0.4, 0.5) is 5.82 Å². The van der Waals surface area contributed by atoms with E-state index in [-0.39, 0.29) is 18.3 Å². The maximum Gasteiger partial charge on any atom is 0.287 e. The number of nitrogens with zero attached hydrogens (tertiary/aromatic N) is 4. The summed E-state index contributed by atoms with van der Waals surface area (Å²) in [6, 6.07) is 11.4. The number of fused-ring (bicyclic) bond motifs is 1. The van der Waals surface area contributed by atoms with Crippen molar-refractivity contribution in [3.63, 3.8) is 0 Å². The first-order valence-corrected chi connectivity index (χ1v) is 9.94. The smallest absolute Gasteiger partial charge is 0.287 e. The molecule has 9 nitrogen and oxygen atoms in total. The predicted molar refractivity (Wildman–Crippen MR) is 116 cm³/mol. The monoisotopic (exact) mass is 420 g/mol. The van der Waals surface area contributed by atoms with Gasteiger partial charge in [0.1, 0.15) is 12.4 Å². The number of carbonyl (C=O) groups excluding carboxylic acids is 1. The number of furan rings is 1. The predicted octanol–water partition coefficient (Wildman–Crippen LogP) is 3.01. The van der Waals surface area contributed by atoms with Crippen LogP contribution in [0.25, 0.3) is 16.7 Å². The van der Waals surface area contributed by atoms with Gasteiger partial charge < -0.3 is 19.8 Å². The number of hydrogen-bond acceptors (Lipinski definition) is 7. The second-order valence-corrected chi connectivity index (χ2v) is 7.11. The minimum atomic E-state index is -0.261. The molecule has 0 fully saturated rings. The third-order valence-corrected chi connectivity index (χ3v) is 4.75. The zero-order valence-electron chi connectivity index (χ0n) is 17.7. The van der Waals surface area contributed by atoms with Crippen molar-refractivity contribution in [3.8, 4) is 5.69 Å². The van der Waals surface area contributed by atoms with Crippen LogP contribution in [0.15, 0.2) is 47.1 Å². The number of carbonyl (C=O) groups is 1. The van der Waals surface area contributed by atoms with Crippen LogP contribution in [-0.4, -0.2) is 45.9 Å². The van der Waals surface area contributed by atoms with Gasteiger partial charge in [0, 0.05) is 20.2 Å². The molecule has 4 rings (SSSR count). The molecule has 0 aliphatic carbocycles. The Kier molecular flexibility index (Phi) is 5.94. The van der Waals surface area contributed by atoms with Gasteiger partial charge in [0.2, 0.25) is 0 Å². The van der Waals surface area contributed by atoms with E-state index in [1.165, 1.54) is 11.8 Å². The Morgan fingerprint density at radius 2 is 1.94 bits per heavy atom. The maximum atomic E-state index is 12.0. The Hall–Kier alpha value is -3.72. The van der Waals surface area contributed by atoms with Gasteiger partial charge in [-0.1, -0.05) is 17.7 Å². The number of nitrogens with one attached hydrogen (secondary N) is 2. The lowest BCUT2D eigenvalue weighted by molar-refractivity contribution is 0.0927. The fraction of sp³-hybridized carbons (Fsp3) is 0.273. The summed E-state index contributed by atoms with van der Waals surface area (Å²) in [5, 5.41) is 11.6. The van der Waals surface area contributed by atoms with E-state index in [1.54, 1.807) is 19.2 Å². The SMILES string of the molecule is COCc1nc(NCCNC(=O)c2ccco2)c2c(C)nn(-c3ccc(C)cc3)c2n1. The highest BCUT2D eigenvalue weighted by Gasteiger charge is 2.17. The number of rotatable bonds is 8. The third kappa shape index (κ3) is 4.41. The summed E-state index contributed by atoms with van der Waals surface area (Å²) in [7, 11) is 1.60. The van der Waals surface area contributed by atoms with Crippen molar-refractivity contribution < 1.29 is 13.9 Å². The molecule has 4 aromatic rings. The molecule has 0 aliphatic heterocycles. The molecule has 0 saturated heterocycles. The van der Waals surface area contributed by atoms with E-state index in [0.717, 1.165) is 16.8 Å². The Morgan fingerprint density at radius 3 is 2.65 bits per heavy atom. The highest BCUT2D eigenvalue weighted by atomic mass is 16.5. The van der Waals surface area contributed by atoms with E-state index < -0.39 is 0 Å². The summed E-state index contributed by atoms with van der Waals surface area (Å²) >= 11 is 0. The van der Waals surface area contributed by atoms with Crippen LogP contribution in [-0.2, 0) is 11.3 Å². The molecule has 0 bridgehead atoms. The Balaban J connectivity index is 1.59. The molecular weight excluding hydrogens is 396 g/mol. The summed E-state index contributed by atoms with van der Waals surface area (Å²) in [5.74, 6) is 1.22. The van der Waals surface area contributed by atoms with E-state index in [1.807, 2.05) is 42.8 Å². The molecule has 1 amide bonds. The van der Waals surface area contributed by atoms with Crippen LogP contribution >= 0.6 is 0 Å². The number of aromatic nitrogens is 4. The van der Waals surface area contributed by atoms with E-state index in [0.29, 0.717) is 30.4 Å². The van der Waals surface area contributed by atoms with Gasteiger partial charge in [-0.2, -0.15) is 5.10 Å². The summed E-state index contributed by atoms with van der Waals surface area (Å²) < 4.78 is 12.2. The molecule has 0 spiro atoms. The molecule has 31 heavy (non-hydrogen) atoms. The minimum absolute atomic E-state index is 0.261. The van der Waals surface area contributed by atoms with Crippen molar-refractivity contribution in [2.75, 3.05) is 25.5 Å². The Labute approximate surface area is 179 Å². The first-order valence-electron chi connectivity index (χ1n) is 9.94. The Morgan fingerprint density at radius 1 is 1.13 bits per heavy atom. The fourth-order valence-electron chi connectivity index (χ4n) is 3.27. The summed E-state index contributed by atoms with van der Waals surface area (Å²) in [6.07, 6.45) is 1.47. The van der Waals surface area contributed by atoms with Crippen molar-refractivity contribution in [1.29, 1.82) is 0 Å². The number of methoxy groups -OCH3 is 1. The van der Waals surface area contributed by atoms with Crippen LogP contribution in [0.3, 0.4) is 0 Å². The number of ether oxygens (including phenoxy) is 1. The molecule has 0 saturated carbocycles. The third-order valence-electron chi connectivity index (χ3n) is 4.75. The van der Waals surface area contributed by atoms with Gasteiger partial charge in [-0.3, -0.25) is 4.79 Å². The number of amides is 1. The quantitative estimate of drug-likeness (QED) is 0.422. The normalized spacial score (nSPS) is 11.1. The zero-order chi connectivity index (χ0) is 21.8. The molecule has 0 atom stereocenters. The standard InChI is InChI=1S/C22H24N6O3/c1-14-6-8-16(9-7-14)28-21-19(15(2)27-28)20(25-18(26-21)13-30-3)23-10-11-24-22(29)17-5-4-12-31-17/h4-9,12H,10-11,13H2,1-3H3,(H,24,29)(H,23,25,26). The van der Waals surface area contributed by atoms with Crippen molar-refractivity contribution in [1.82, 2.24) is 25.1 Å². The molecule has 0 aliphatic rings. The summed E-state index contributed by atoms with van der Waals surface area (Å²) in [5.41, 5.74) is 3.60. The molecule has 160 valence electrons. The highest BCUT2D eigenvalue weighted by Crippen LogP contribution is 2.26. The Bertz CT molecular complexity index is 1180. The van der Waals surface area contributed by atoms with Crippen molar-refractivity contribution in [3.05, 3.63) is 65.5 Å². The average molecular weight is 420 g/mol. The second kappa shape index (κ2) is 8.97. The topological polar surface area (TPSA) is 107 Å². The van der Waals surface area contributed by atoms with E-state index in [9.17, 15) is 4.79 Å².